The van der Waals surface area contributed by atoms with Crippen molar-refractivity contribution >= 4 is 17.0 Å². The fourth-order valence-corrected chi connectivity index (χ4v) is 0.828. The molecule has 64 valence electrons. The Balaban J connectivity index is 0.000001000. The molecule has 1 N–H and O–H groups in total. The fraction of sp³-hybridized carbons (Fsp3) is 0.571. The fourth-order valence-electron chi connectivity index (χ4n) is 0.828. The first-order chi connectivity index (χ1) is 4.86. The number of halogens is 1. The van der Waals surface area contributed by atoms with Crippen LogP contribution in [0.25, 0.3) is 0 Å². The largest absolute Gasteiger partial charge is 0.396 e. The molecule has 0 aromatic carbocycles. The maximum Gasteiger partial charge on any atom is 0.0647 e. The van der Waals surface area contributed by atoms with E-state index in [-0.39, 0.29) is 23.6 Å². The van der Waals surface area contributed by atoms with E-state index in [1.807, 2.05) is 23.9 Å². The molecule has 1 heterocycles. The summed E-state index contributed by atoms with van der Waals surface area (Å²) >= 11 is 0. The van der Waals surface area contributed by atoms with E-state index in [1.165, 1.54) is 0 Å². The van der Waals surface area contributed by atoms with Crippen molar-refractivity contribution in [1.29, 1.82) is 0 Å². The van der Waals surface area contributed by atoms with Crippen LogP contribution in [0.15, 0.2) is 12.3 Å². The minimum atomic E-state index is 0. The summed E-state index contributed by atoms with van der Waals surface area (Å²) in [6, 6.07) is 1.93. The van der Waals surface area contributed by atoms with Crippen LogP contribution >= 0.6 is 17.0 Å². The van der Waals surface area contributed by atoms with Gasteiger partial charge in [0.05, 0.1) is 5.69 Å². The van der Waals surface area contributed by atoms with Crippen LogP contribution in [-0.2, 0) is 13.0 Å². The number of nitrogens with zero attached hydrogens (tertiary/aromatic N) is 2. The molecule has 0 saturated heterocycles. The molecule has 11 heavy (non-hydrogen) atoms. The van der Waals surface area contributed by atoms with Crippen LogP contribution in [0, 0.1) is 0 Å². The lowest BCUT2D eigenvalue weighted by Crippen LogP contribution is -1.97. The van der Waals surface area contributed by atoms with E-state index < -0.39 is 0 Å². The van der Waals surface area contributed by atoms with E-state index in [0.29, 0.717) is 6.42 Å². The van der Waals surface area contributed by atoms with E-state index in [1.54, 1.807) is 0 Å². The van der Waals surface area contributed by atoms with Crippen molar-refractivity contribution in [2.75, 3.05) is 6.61 Å². The summed E-state index contributed by atoms with van der Waals surface area (Å²) in [5, 5.41) is 12.7. The molecular formula is C7H13BrN2O. The minimum absolute atomic E-state index is 0. The lowest BCUT2D eigenvalue weighted by molar-refractivity contribution is 0.297. The Morgan fingerprint density at radius 1 is 1.64 bits per heavy atom. The van der Waals surface area contributed by atoms with E-state index in [2.05, 4.69) is 5.10 Å². The van der Waals surface area contributed by atoms with Gasteiger partial charge in [0.2, 0.25) is 0 Å². The number of hydrogen-bond donors (Lipinski definition) is 1. The first-order valence-corrected chi connectivity index (χ1v) is 3.50. The Bertz CT molecular complexity index is 200. The number of aryl methyl sites for hydroxylation is 1. The summed E-state index contributed by atoms with van der Waals surface area (Å²) in [5.41, 5.74) is 0.962. The quantitative estimate of drug-likeness (QED) is 0.827. The third-order valence-corrected chi connectivity index (χ3v) is 1.39. The zero-order valence-corrected chi connectivity index (χ0v) is 8.24. The first kappa shape index (κ1) is 10.7. The molecule has 4 heteroatoms. The summed E-state index contributed by atoms with van der Waals surface area (Å²) in [5.74, 6) is 0. The van der Waals surface area contributed by atoms with Crippen molar-refractivity contribution in [2.24, 2.45) is 0 Å². The van der Waals surface area contributed by atoms with Crippen molar-refractivity contribution in [1.82, 2.24) is 9.78 Å². The Kier molecular flexibility index (Phi) is 5.15. The van der Waals surface area contributed by atoms with Crippen LogP contribution in [0.4, 0.5) is 0 Å². The number of aliphatic hydroxyl groups excluding tert-OH is 1. The molecule has 1 aromatic heterocycles. The molecule has 0 spiro atoms. The van der Waals surface area contributed by atoms with Crippen LogP contribution < -0.4 is 0 Å². The van der Waals surface area contributed by atoms with Gasteiger partial charge in [-0.25, -0.2) is 0 Å². The number of hydrogen-bond acceptors (Lipinski definition) is 2. The topological polar surface area (TPSA) is 38.0 Å². The van der Waals surface area contributed by atoms with Crippen molar-refractivity contribution < 1.29 is 5.11 Å². The number of rotatable bonds is 3. The summed E-state index contributed by atoms with van der Waals surface area (Å²) in [6.45, 7) is 3.11. The standard InChI is InChI=1S/C7H12N2O.BrH/c1-2-9-5-3-7(8-9)4-6-10;/h3,5,10H,2,4,6H2,1H3;1H. The van der Waals surface area contributed by atoms with Crippen LogP contribution in [0.3, 0.4) is 0 Å². The molecule has 0 amide bonds. The highest BCUT2D eigenvalue weighted by atomic mass is 79.9. The molecule has 0 aliphatic carbocycles. The summed E-state index contributed by atoms with van der Waals surface area (Å²) < 4.78 is 1.85. The van der Waals surface area contributed by atoms with Crippen molar-refractivity contribution in [3.8, 4) is 0 Å². The molecule has 3 nitrogen and oxygen atoms in total. The lowest BCUT2D eigenvalue weighted by atomic mass is 10.3. The number of aromatic nitrogens is 2. The maximum atomic E-state index is 8.55. The Morgan fingerprint density at radius 3 is 2.82 bits per heavy atom. The zero-order valence-electron chi connectivity index (χ0n) is 6.53. The van der Waals surface area contributed by atoms with Gasteiger partial charge < -0.3 is 5.11 Å². The molecule has 0 aliphatic rings. The molecule has 0 saturated carbocycles. The third kappa shape index (κ3) is 3.03. The molecule has 0 fully saturated rings. The van der Waals surface area contributed by atoms with Crippen LogP contribution in [-0.4, -0.2) is 21.5 Å². The summed E-state index contributed by atoms with van der Waals surface area (Å²) in [4.78, 5) is 0. The van der Waals surface area contributed by atoms with Gasteiger partial charge in [-0.3, -0.25) is 4.68 Å². The molecule has 1 rings (SSSR count). The first-order valence-electron chi connectivity index (χ1n) is 3.50. The maximum absolute atomic E-state index is 8.55. The van der Waals surface area contributed by atoms with Gasteiger partial charge in [-0.2, -0.15) is 5.10 Å². The van der Waals surface area contributed by atoms with Gasteiger partial charge >= 0.3 is 0 Å². The second-order valence-corrected chi connectivity index (χ2v) is 2.14. The summed E-state index contributed by atoms with van der Waals surface area (Å²) in [7, 11) is 0. The molecule has 0 unspecified atom stereocenters. The van der Waals surface area contributed by atoms with Crippen molar-refractivity contribution in [3.63, 3.8) is 0 Å². The van der Waals surface area contributed by atoms with Crippen LogP contribution in [0.2, 0.25) is 0 Å². The highest BCUT2D eigenvalue weighted by molar-refractivity contribution is 8.93. The summed E-state index contributed by atoms with van der Waals surface area (Å²) in [6.07, 6.45) is 2.58. The molecule has 0 radical (unpaired) electrons. The molecule has 0 aliphatic heterocycles. The van der Waals surface area contributed by atoms with Gasteiger partial charge in [-0.1, -0.05) is 0 Å². The molecule has 0 bridgehead atoms. The van der Waals surface area contributed by atoms with Crippen molar-refractivity contribution in [2.45, 2.75) is 19.9 Å². The predicted molar refractivity (Wildman–Crippen MR) is 49.0 cm³/mol. The monoisotopic (exact) mass is 220 g/mol. The van der Waals surface area contributed by atoms with Crippen LogP contribution in [0.1, 0.15) is 12.6 Å². The van der Waals surface area contributed by atoms with Gasteiger partial charge in [0, 0.05) is 25.8 Å². The predicted octanol–water partition coefficient (Wildman–Crippen LogP) is 1.02. The number of aliphatic hydroxyl groups is 1. The van der Waals surface area contributed by atoms with Gasteiger partial charge in [-0.05, 0) is 13.0 Å². The highest BCUT2D eigenvalue weighted by Gasteiger charge is 1.94. The third-order valence-electron chi connectivity index (χ3n) is 1.39. The SMILES string of the molecule is Br.CCn1ccc(CCO)n1. The van der Waals surface area contributed by atoms with Crippen LogP contribution in [0.5, 0.6) is 0 Å². The van der Waals surface area contributed by atoms with E-state index >= 15 is 0 Å². The van der Waals surface area contributed by atoms with Gasteiger partial charge in [0.15, 0.2) is 0 Å². The van der Waals surface area contributed by atoms with E-state index in [4.69, 9.17) is 5.11 Å². The zero-order chi connectivity index (χ0) is 7.40. The molecular weight excluding hydrogens is 208 g/mol. The van der Waals surface area contributed by atoms with Gasteiger partial charge in [0.1, 0.15) is 0 Å². The molecule has 1 aromatic rings. The average Bonchev–Trinajstić information content (AvgIpc) is 2.37. The van der Waals surface area contributed by atoms with Gasteiger partial charge in [-0.15, -0.1) is 17.0 Å². The Labute approximate surface area is 76.8 Å². The van der Waals surface area contributed by atoms with E-state index in [9.17, 15) is 0 Å². The van der Waals surface area contributed by atoms with E-state index in [0.717, 1.165) is 12.2 Å². The average molecular weight is 221 g/mol. The Morgan fingerprint density at radius 2 is 2.36 bits per heavy atom. The minimum Gasteiger partial charge on any atom is -0.396 e. The normalized spacial score (nSPS) is 9.27. The van der Waals surface area contributed by atoms with Gasteiger partial charge in [0.25, 0.3) is 0 Å². The second kappa shape index (κ2) is 5.32. The smallest absolute Gasteiger partial charge is 0.0647 e. The lowest BCUT2D eigenvalue weighted by Gasteiger charge is -1.91. The Hall–Kier alpha value is -0.350. The second-order valence-electron chi connectivity index (χ2n) is 2.14. The molecule has 0 atom stereocenters. The highest BCUT2D eigenvalue weighted by Crippen LogP contribution is 1.95. The van der Waals surface area contributed by atoms with Crippen molar-refractivity contribution in [3.05, 3.63) is 18.0 Å².